The van der Waals surface area contributed by atoms with E-state index in [0.717, 1.165) is 30.3 Å². The maximum absolute atomic E-state index is 5.72. The second-order valence-electron chi connectivity index (χ2n) is 5.10. The minimum atomic E-state index is -0.546. The van der Waals surface area contributed by atoms with Crippen molar-refractivity contribution in [1.82, 2.24) is 5.32 Å². The molecule has 0 spiro atoms. The number of ether oxygens (including phenoxy) is 2. The highest BCUT2D eigenvalue weighted by Gasteiger charge is 2.31. The average molecular weight is 234 g/mol. The van der Waals surface area contributed by atoms with Crippen molar-refractivity contribution >= 4 is 5.69 Å². The summed E-state index contributed by atoms with van der Waals surface area (Å²) in [6.45, 7) is 5.96. The zero-order valence-corrected chi connectivity index (χ0v) is 10.2. The van der Waals surface area contributed by atoms with Gasteiger partial charge in [-0.15, -0.1) is 0 Å². The van der Waals surface area contributed by atoms with Crippen molar-refractivity contribution in [3.05, 3.63) is 18.2 Å². The molecule has 2 aliphatic heterocycles. The summed E-state index contributed by atoms with van der Waals surface area (Å²) < 4.78 is 11.4. The zero-order chi connectivity index (χ0) is 11.9. The van der Waals surface area contributed by atoms with Crippen molar-refractivity contribution in [2.24, 2.45) is 0 Å². The number of hydrogen-bond donors (Lipinski definition) is 2. The van der Waals surface area contributed by atoms with Crippen LogP contribution < -0.4 is 20.1 Å². The third kappa shape index (κ3) is 2.17. The van der Waals surface area contributed by atoms with Gasteiger partial charge in [0.15, 0.2) is 11.5 Å². The molecule has 0 radical (unpaired) electrons. The van der Waals surface area contributed by atoms with Crippen molar-refractivity contribution < 1.29 is 9.47 Å². The molecule has 92 valence electrons. The Morgan fingerprint density at radius 1 is 1.29 bits per heavy atom. The lowest BCUT2D eigenvalue weighted by Crippen LogP contribution is -2.29. The fourth-order valence-electron chi connectivity index (χ4n) is 2.33. The largest absolute Gasteiger partial charge is 0.449 e. The van der Waals surface area contributed by atoms with E-state index < -0.39 is 5.79 Å². The smallest absolute Gasteiger partial charge is 0.246 e. The highest BCUT2D eigenvalue weighted by Crippen LogP contribution is 2.40. The van der Waals surface area contributed by atoms with Crippen molar-refractivity contribution in [2.75, 3.05) is 18.4 Å². The molecule has 2 heterocycles. The first-order valence-corrected chi connectivity index (χ1v) is 6.12. The Bertz CT molecular complexity index is 425. The lowest BCUT2D eigenvalue weighted by atomic mass is 10.2. The van der Waals surface area contributed by atoms with E-state index in [1.54, 1.807) is 0 Å². The van der Waals surface area contributed by atoms with Gasteiger partial charge in [0.2, 0.25) is 5.79 Å². The van der Waals surface area contributed by atoms with Crippen LogP contribution in [0.1, 0.15) is 20.3 Å². The first-order chi connectivity index (χ1) is 8.12. The molecule has 1 fully saturated rings. The molecule has 1 aromatic carbocycles. The van der Waals surface area contributed by atoms with Crippen LogP contribution >= 0.6 is 0 Å². The van der Waals surface area contributed by atoms with Crippen molar-refractivity contribution in [1.29, 1.82) is 0 Å². The Morgan fingerprint density at radius 3 is 2.88 bits per heavy atom. The fraction of sp³-hybridized carbons (Fsp3) is 0.538. The highest BCUT2D eigenvalue weighted by molar-refractivity contribution is 5.56. The van der Waals surface area contributed by atoms with Crippen LogP contribution in [0.4, 0.5) is 5.69 Å². The van der Waals surface area contributed by atoms with Gasteiger partial charge >= 0.3 is 0 Å². The number of nitrogens with one attached hydrogen (secondary N) is 2. The van der Waals surface area contributed by atoms with Crippen molar-refractivity contribution in [3.63, 3.8) is 0 Å². The van der Waals surface area contributed by atoms with E-state index in [1.807, 2.05) is 32.0 Å². The van der Waals surface area contributed by atoms with E-state index in [2.05, 4.69) is 10.6 Å². The molecule has 2 aliphatic rings. The van der Waals surface area contributed by atoms with Gasteiger partial charge in [-0.2, -0.15) is 0 Å². The second-order valence-corrected chi connectivity index (χ2v) is 5.10. The normalized spacial score (nSPS) is 24.9. The van der Waals surface area contributed by atoms with Crippen LogP contribution in [0.3, 0.4) is 0 Å². The maximum Gasteiger partial charge on any atom is 0.246 e. The Hall–Kier alpha value is -1.42. The summed E-state index contributed by atoms with van der Waals surface area (Å²) in [5, 5.41) is 6.84. The molecular weight excluding hydrogens is 216 g/mol. The van der Waals surface area contributed by atoms with Gasteiger partial charge in [-0.1, -0.05) is 0 Å². The molecule has 0 saturated carbocycles. The van der Waals surface area contributed by atoms with Crippen LogP contribution in [0.2, 0.25) is 0 Å². The van der Waals surface area contributed by atoms with Crippen LogP contribution in [0.5, 0.6) is 11.5 Å². The van der Waals surface area contributed by atoms with E-state index in [1.165, 1.54) is 6.42 Å². The summed E-state index contributed by atoms with van der Waals surface area (Å²) in [5.74, 6) is 1.10. The minimum Gasteiger partial charge on any atom is -0.449 e. The van der Waals surface area contributed by atoms with Gasteiger partial charge in [0.1, 0.15) is 0 Å². The third-order valence-electron chi connectivity index (χ3n) is 3.09. The number of anilines is 1. The van der Waals surface area contributed by atoms with Gasteiger partial charge in [0.25, 0.3) is 0 Å². The van der Waals surface area contributed by atoms with Crippen molar-refractivity contribution in [2.45, 2.75) is 32.1 Å². The molecule has 1 unspecified atom stereocenters. The van der Waals surface area contributed by atoms with Crippen LogP contribution in [0.15, 0.2) is 18.2 Å². The van der Waals surface area contributed by atoms with Crippen LogP contribution in [0.25, 0.3) is 0 Å². The molecule has 4 nitrogen and oxygen atoms in total. The van der Waals surface area contributed by atoms with E-state index in [9.17, 15) is 0 Å². The fourth-order valence-corrected chi connectivity index (χ4v) is 2.33. The van der Waals surface area contributed by atoms with Gasteiger partial charge < -0.3 is 20.1 Å². The molecule has 0 amide bonds. The maximum atomic E-state index is 5.72. The summed E-state index contributed by atoms with van der Waals surface area (Å²) in [5.41, 5.74) is 1.10. The number of hydrogen-bond acceptors (Lipinski definition) is 4. The number of rotatable bonds is 2. The summed E-state index contributed by atoms with van der Waals surface area (Å²) in [4.78, 5) is 0. The number of fused-ring (bicyclic) bond motifs is 1. The van der Waals surface area contributed by atoms with E-state index in [-0.39, 0.29) is 0 Å². The van der Waals surface area contributed by atoms with Crippen LogP contribution in [-0.2, 0) is 0 Å². The molecule has 0 aromatic heterocycles. The van der Waals surface area contributed by atoms with Gasteiger partial charge in [-0.25, -0.2) is 0 Å². The Kier molecular flexibility index (Phi) is 2.40. The van der Waals surface area contributed by atoms with E-state index in [4.69, 9.17) is 9.47 Å². The molecule has 0 aliphatic carbocycles. The number of benzene rings is 1. The Labute approximate surface area is 101 Å². The second kappa shape index (κ2) is 3.81. The summed E-state index contributed by atoms with van der Waals surface area (Å²) >= 11 is 0. The predicted molar refractivity (Wildman–Crippen MR) is 66.7 cm³/mol. The third-order valence-corrected chi connectivity index (χ3v) is 3.09. The van der Waals surface area contributed by atoms with Gasteiger partial charge in [0, 0.05) is 38.2 Å². The standard InChI is InChI=1S/C13H18N2O2/c1-13(2)16-11-4-3-9(7-12(11)17-13)15-10-5-6-14-8-10/h3-4,7,10,14-15H,5-6,8H2,1-2H3. The van der Waals surface area contributed by atoms with Crippen molar-refractivity contribution in [3.8, 4) is 11.5 Å². The van der Waals surface area contributed by atoms with Crippen LogP contribution in [0, 0.1) is 0 Å². The lowest BCUT2D eigenvalue weighted by Gasteiger charge is -2.16. The molecule has 3 rings (SSSR count). The molecule has 1 saturated heterocycles. The average Bonchev–Trinajstić information content (AvgIpc) is 2.83. The van der Waals surface area contributed by atoms with Gasteiger partial charge in [-0.3, -0.25) is 0 Å². The van der Waals surface area contributed by atoms with Crippen LogP contribution in [-0.4, -0.2) is 24.9 Å². The molecule has 1 aromatic rings. The summed E-state index contributed by atoms with van der Waals surface area (Å²) in [6, 6.07) is 6.54. The zero-order valence-electron chi connectivity index (χ0n) is 10.2. The predicted octanol–water partition coefficient (Wildman–Crippen LogP) is 1.97. The van der Waals surface area contributed by atoms with Gasteiger partial charge in [-0.05, 0) is 25.1 Å². The first kappa shape index (κ1) is 10.7. The summed E-state index contributed by atoms with van der Waals surface area (Å²) in [7, 11) is 0. The van der Waals surface area contributed by atoms with E-state index >= 15 is 0 Å². The topological polar surface area (TPSA) is 42.5 Å². The van der Waals surface area contributed by atoms with Gasteiger partial charge in [0.05, 0.1) is 0 Å². The molecule has 0 bridgehead atoms. The summed E-state index contributed by atoms with van der Waals surface area (Å²) in [6.07, 6.45) is 1.17. The molecule has 4 heteroatoms. The molecule has 17 heavy (non-hydrogen) atoms. The SMILES string of the molecule is CC1(C)Oc2ccc(NC3CCNC3)cc2O1. The highest BCUT2D eigenvalue weighted by atomic mass is 16.7. The lowest BCUT2D eigenvalue weighted by molar-refractivity contribution is -0.0431. The molecule has 1 atom stereocenters. The minimum absolute atomic E-state index is 0.517. The molecule has 2 N–H and O–H groups in total. The quantitative estimate of drug-likeness (QED) is 0.821. The Balaban J connectivity index is 1.76. The Morgan fingerprint density at radius 2 is 2.12 bits per heavy atom. The first-order valence-electron chi connectivity index (χ1n) is 6.12. The monoisotopic (exact) mass is 234 g/mol. The van der Waals surface area contributed by atoms with E-state index in [0.29, 0.717) is 6.04 Å². The molecular formula is C13H18N2O2.